The Bertz CT molecular complexity index is 745. The highest BCUT2D eigenvalue weighted by molar-refractivity contribution is 7.99. The van der Waals surface area contributed by atoms with Crippen LogP contribution in [0, 0.1) is 0 Å². The molecule has 2 heterocycles. The van der Waals surface area contributed by atoms with Crippen molar-refractivity contribution in [3.05, 3.63) is 35.7 Å². The van der Waals surface area contributed by atoms with E-state index >= 15 is 0 Å². The molecule has 128 valence electrons. The molecule has 3 rings (SSSR count). The summed E-state index contributed by atoms with van der Waals surface area (Å²) in [5.41, 5.74) is 2.34. The third-order valence-corrected chi connectivity index (χ3v) is 5.22. The molecule has 0 saturated carbocycles. The lowest BCUT2D eigenvalue weighted by atomic mass is 9.99. The molecule has 1 amide bonds. The average Bonchev–Trinajstić information content (AvgIpc) is 3.02. The van der Waals surface area contributed by atoms with E-state index in [-0.39, 0.29) is 5.91 Å². The van der Waals surface area contributed by atoms with E-state index in [0.29, 0.717) is 18.0 Å². The first kappa shape index (κ1) is 16.7. The standard InChI is InChI=1S/C17H21N3O3S/c1-19-7-5-18-17(19)24-11-16(21)20-6-4-12-8-14(22-2)15(23-3)9-13(12)10-20/h5,7-9H,4,6,10-11H2,1-3H3. The van der Waals surface area contributed by atoms with Crippen LogP contribution < -0.4 is 9.47 Å². The highest BCUT2D eigenvalue weighted by Gasteiger charge is 2.23. The topological polar surface area (TPSA) is 56.6 Å². The molecule has 1 aliphatic rings. The predicted molar refractivity (Wildman–Crippen MR) is 92.6 cm³/mol. The number of aromatic nitrogens is 2. The Kier molecular flexibility index (Phi) is 4.99. The van der Waals surface area contributed by atoms with Crippen molar-refractivity contribution in [2.75, 3.05) is 26.5 Å². The summed E-state index contributed by atoms with van der Waals surface area (Å²) in [4.78, 5) is 18.6. The molecule has 24 heavy (non-hydrogen) atoms. The number of amides is 1. The van der Waals surface area contributed by atoms with Gasteiger partial charge in [-0.05, 0) is 29.7 Å². The number of carbonyl (C=O) groups is 1. The van der Waals surface area contributed by atoms with Crippen LogP contribution >= 0.6 is 11.8 Å². The van der Waals surface area contributed by atoms with Crippen LogP contribution in [0.5, 0.6) is 11.5 Å². The van der Waals surface area contributed by atoms with Crippen LogP contribution in [-0.2, 0) is 24.8 Å². The monoisotopic (exact) mass is 347 g/mol. The second kappa shape index (κ2) is 7.17. The maximum Gasteiger partial charge on any atom is 0.233 e. The Labute approximate surface area is 145 Å². The third kappa shape index (κ3) is 3.36. The number of ether oxygens (including phenoxy) is 2. The number of fused-ring (bicyclic) bond motifs is 1. The number of aryl methyl sites for hydroxylation is 1. The zero-order chi connectivity index (χ0) is 17.1. The molecule has 0 aliphatic carbocycles. The van der Waals surface area contributed by atoms with Gasteiger partial charge in [-0.25, -0.2) is 4.98 Å². The fraction of sp³-hybridized carbons (Fsp3) is 0.412. The van der Waals surface area contributed by atoms with E-state index in [9.17, 15) is 4.79 Å². The molecule has 0 fully saturated rings. The molecule has 7 heteroatoms. The fourth-order valence-corrected chi connectivity index (χ4v) is 3.64. The lowest BCUT2D eigenvalue weighted by Gasteiger charge is -2.29. The first-order valence-corrected chi connectivity index (χ1v) is 8.72. The van der Waals surface area contributed by atoms with Gasteiger partial charge < -0.3 is 18.9 Å². The smallest absolute Gasteiger partial charge is 0.233 e. The van der Waals surface area contributed by atoms with Crippen molar-refractivity contribution in [2.24, 2.45) is 7.05 Å². The lowest BCUT2D eigenvalue weighted by molar-refractivity contribution is -0.129. The Morgan fingerprint density at radius 3 is 2.58 bits per heavy atom. The van der Waals surface area contributed by atoms with Gasteiger partial charge in [0.15, 0.2) is 16.7 Å². The summed E-state index contributed by atoms with van der Waals surface area (Å²) < 4.78 is 12.6. The number of benzene rings is 1. The second-order valence-electron chi connectivity index (χ2n) is 5.65. The van der Waals surface area contributed by atoms with Crippen LogP contribution in [0.1, 0.15) is 11.1 Å². The van der Waals surface area contributed by atoms with Crippen LogP contribution in [0.2, 0.25) is 0 Å². The molecule has 1 aromatic heterocycles. The largest absolute Gasteiger partial charge is 0.493 e. The number of thioether (sulfide) groups is 1. The van der Waals surface area contributed by atoms with E-state index in [1.807, 2.05) is 34.8 Å². The van der Waals surface area contributed by atoms with Crippen LogP contribution in [0.25, 0.3) is 0 Å². The first-order valence-electron chi connectivity index (χ1n) is 7.74. The van der Waals surface area contributed by atoms with Gasteiger partial charge in [-0.15, -0.1) is 0 Å². The van der Waals surface area contributed by atoms with Crippen molar-refractivity contribution in [1.29, 1.82) is 0 Å². The summed E-state index contributed by atoms with van der Waals surface area (Å²) in [6.07, 6.45) is 4.45. The van der Waals surface area contributed by atoms with Crippen molar-refractivity contribution in [3.8, 4) is 11.5 Å². The summed E-state index contributed by atoms with van der Waals surface area (Å²) in [7, 11) is 5.19. The fourth-order valence-electron chi connectivity index (χ4n) is 2.80. The molecular weight excluding hydrogens is 326 g/mol. The van der Waals surface area contributed by atoms with Crippen molar-refractivity contribution < 1.29 is 14.3 Å². The van der Waals surface area contributed by atoms with E-state index < -0.39 is 0 Å². The van der Waals surface area contributed by atoms with Gasteiger partial charge >= 0.3 is 0 Å². The Morgan fingerprint density at radius 2 is 1.96 bits per heavy atom. The van der Waals surface area contributed by atoms with Gasteiger partial charge in [0, 0.05) is 32.5 Å². The van der Waals surface area contributed by atoms with Crippen LogP contribution in [0.4, 0.5) is 0 Å². The highest BCUT2D eigenvalue weighted by Crippen LogP contribution is 2.33. The van der Waals surface area contributed by atoms with Gasteiger partial charge in [0.2, 0.25) is 5.91 Å². The Morgan fingerprint density at radius 1 is 1.25 bits per heavy atom. The maximum atomic E-state index is 12.5. The minimum atomic E-state index is 0.128. The lowest BCUT2D eigenvalue weighted by Crippen LogP contribution is -2.37. The molecule has 0 bridgehead atoms. The third-order valence-electron chi connectivity index (χ3n) is 4.17. The molecular formula is C17H21N3O3S. The van der Waals surface area contributed by atoms with Gasteiger partial charge in [-0.3, -0.25) is 4.79 Å². The summed E-state index contributed by atoms with van der Waals surface area (Å²) in [5, 5.41) is 0.854. The van der Waals surface area contributed by atoms with Crippen molar-refractivity contribution in [1.82, 2.24) is 14.5 Å². The van der Waals surface area contributed by atoms with Gasteiger partial charge in [-0.2, -0.15) is 0 Å². The first-order chi connectivity index (χ1) is 11.6. The van der Waals surface area contributed by atoms with Gasteiger partial charge in [0.1, 0.15) is 0 Å². The number of carbonyl (C=O) groups excluding carboxylic acids is 1. The van der Waals surface area contributed by atoms with E-state index in [1.165, 1.54) is 17.3 Å². The number of rotatable bonds is 5. The summed E-state index contributed by atoms with van der Waals surface area (Å²) in [6, 6.07) is 3.98. The van der Waals surface area contributed by atoms with E-state index in [4.69, 9.17) is 9.47 Å². The quantitative estimate of drug-likeness (QED) is 0.776. The van der Waals surface area contributed by atoms with E-state index in [1.54, 1.807) is 20.4 Å². The average molecular weight is 347 g/mol. The van der Waals surface area contributed by atoms with Crippen molar-refractivity contribution >= 4 is 17.7 Å². The number of methoxy groups -OCH3 is 2. The Balaban J connectivity index is 1.67. The summed E-state index contributed by atoms with van der Waals surface area (Å²) >= 11 is 1.47. The number of imidazole rings is 1. The number of nitrogens with zero attached hydrogens (tertiary/aromatic N) is 3. The zero-order valence-corrected chi connectivity index (χ0v) is 14.9. The molecule has 0 N–H and O–H groups in total. The molecule has 1 aliphatic heterocycles. The zero-order valence-electron chi connectivity index (χ0n) is 14.1. The predicted octanol–water partition coefficient (Wildman–Crippen LogP) is 2.11. The second-order valence-corrected chi connectivity index (χ2v) is 6.59. The molecule has 0 atom stereocenters. The maximum absolute atomic E-state index is 12.5. The van der Waals surface area contributed by atoms with Gasteiger partial charge in [0.05, 0.1) is 20.0 Å². The molecule has 0 unspecified atom stereocenters. The number of hydrogen-bond acceptors (Lipinski definition) is 5. The summed E-state index contributed by atoms with van der Waals surface area (Å²) in [5.74, 6) is 1.96. The van der Waals surface area contributed by atoms with E-state index in [0.717, 1.165) is 29.4 Å². The van der Waals surface area contributed by atoms with Crippen LogP contribution in [0.3, 0.4) is 0 Å². The normalized spacial score (nSPS) is 13.5. The van der Waals surface area contributed by atoms with Gasteiger partial charge in [-0.1, -0.05) is 11.8 Å². The molecule has 2 aromatic rings. The SMILES string of the molecule is COc1cc2c(cc1OC)CN(C(=O)CSc1nccn1C)CC2. The highest BCUT2D eigenvalue weighted by atomic mass is 32.2. The van der Waals surface area contributed by atoms with E-state index in [2.05, 4.69) is 4.98 Å². The molecule has 0 radical (unpaired) electrons. The van der Waals surface area contributed by atoms with Crippen molar-refractivity contribution in [3.63, 3.8) is 0 Å². The molecule has 0 saturated heterocycles. The van der Waals surface area contributed by atoms with Crippen LogP contribution in [0.15, 0.2) is 29.7 Å². The Hall–Kier alpha value is -2.15. The summed E-state index contributed by atoms with van der Waals surface area (Å²) in [6.45, 7) is 1.33. The van der Waals surface area contributed by atoms with Crippen molar-refractivity contribution in [2.45, 2.75) is 18.1 Å². The molecule has 6 nitrogen and oxygen atoms in total. The van der Waals surface area contributed by atoms with Crippen LogP contribution in [-0.4, -0.2) is 46.9 Å². The minimum Gasteiger partial charge on any atom is -0.493 e. The number of hydrogen-bond donors (Lipinski definition) is 0. The molecule has 1 aromatic carbocycles. The minimum absolute atomic E-state index is 0.128. The van der Waals surface area contributed by atoms with Gasteiger partial charge in [0.25, 0.3) is 0 Å². The molecule has 0 spiro atoms.